The van der Waals surface area contributed by atoms with E-state index >= 15 is 0 Å². The van der Waals surface area contributed by atoms with E-state index in [0.29, 0.717) is 12.0 Å². The van der Waals surface area contributed by atoms with E-state index in [1.807, 2.05) is 7.05 Å². The average molecular weight is 251 g/mol. The number of hydrogen-bond donors (Lipinski definition) is 1. The van der Waals surface area contributed by atoms with Gasteiger partial charge in [-0.2, -0.15) is 5.26 Å². The molecule has 1 heterocycles. The molecule has 2 aliphatic rings. The van der Waals surface area contributed by atoms with Gasteiger partial charge in [-0.25, -0.2) is 0 Å². The molecule has 0 spiro atoms. The van der Waals surface area contributed by atoms with Crippen molar-refractivity contribution in [1.29, 1.82) is 5.26 Å². The average Bonchev–Trinajstić information content (AvgIpc) is 2.85. The van der Waals surface area contributed by atoms with E-state index in [4.69, 9.17) is 4.74 Å². The lowest BCUT2D eigenvalue weighted by Crippen LogP contribution is -2.45. The van der Waals surface area contributed by atoms with Gasteiger partial charge in [-0.3, -0.25) is 4.90 Å². The third-order valence-corrected chi connectivity index (χ3v) is 4.65. The van der Waals surface area contributed by atoms with Gasteiger partial charge in [-0.1, -0.05) is 0 Å². The number of likely N-dealkylation sites (tertiary alicyclic amines) is 1. The normalized spacial score (nSPS) is 37.6. The van der Waals surface area contributed by atoms with Gasteiger partial charge in [0.1, 0.15) is 5.54 Å². The van der Waals surface area contributed by atoms with Gasteiger partial charge in [0.25, 0.3) is 0 Å². The van der Waals surface area contributed by atoms with E-state index < -0.39 is 0 Å². The van der Waals surface area contributed by atoms with Gasteiger partial charge in [0.2, 0.25) is 0 Å². The monoisotopic (exact) mass is 251 g/mol. The van der Waals surface area contributed by atoms with Crippen molar-refractivity contribution in [2.24, 2.45) is 5.92 Å². The van der Waals surface area contributed by atoms with Crippen molar-refractivity contribution in [1.82, 2.24) is 10.2 Å². The number of methoxy groups -OCH3 is 1. The molecule has 1 N–H and O–H groups in total. The summed E-state index contributed by atoms with van der Waals surface area (Å²) in [6, 6.07) is 3.05. The largest absolute Gasteiger partial charge is 0.384 e. The van der Waals surface area contributed by atoms with Crippen LogP contribution in [-0.4, -0.2) is 50.3 Å². The van der Waals surface area contributed by atoms with Gasteiger partial charge in [0.05, 0.1) is 12.7 Å². The molecule has 2 fully saturated rings. The van der Waals surface area contributed by atoms with Crippen molar-refractivity contribution in [2.75, 3.05) is 33.9 Å². The lowest BCUT2D eigenvalue weighted by Gasteiger charge is -2.37. The Kier molecular flexibility index (Phi) is 4.60. The molecule has 0 aromatic rings. The van der Waals surface area contributed by atoms with E-state index in [0.717, 1.165) is 32.4 Å². The highest BCUT2D eigenvalue weighted by Gasteiger charge is 2.41. The maximum atomic E-state index is 9.32. The fraction of sp³-hybridized carbons (Fsp3) is 0.929. The zero-order valence-corrected chi connectivity index (χ0v) is 11.6. The van der Waals surface area contributed by atoms with Crippen LogP contribution in [0.4, 0.5) is 0 Å². The van der Waals surface area contributed by atoms with Crippen LogP contribution in [-0.2, 0) is 4.74 Å². The molecule has 0 bridgehead atoms. The molecule has 0 amide bonds. The Morgan fingerprint density at radius 2 is 2.33 bits per heavy atom. The molecule has 1 saturated heterocycles. The molecule has 0 aromatic heterocycles. The summed E-state index contributed by atoms with van der Waals surface area (Å²) in [5.41, 5.74) is -0.279. The molecular formula is C14H25N3O. The molecule has 4 nitrogen and oxygen atoms in total. The second-order valence-corrected chi connectivity index (χ2v) is 5.80. The van der Waals surface area contributed by atoms with Crippen LogP contribution in [0.25, 0.3) is 0 Å². The van der Waals surface area contributed by atoms with Crippen LogP contribution in [0.5, 0.6) is 0 Å². The van der Waals surface area contributed by atoms with Crippen molar-refractivity contribution < 1.29 is 4.74 Å². The lowest BCUT2D eigenvalue weighted by atomic mass is 9.95. The summed E-state index contributed by atoms with van der Waals surface area (Å²) in [5, 5.41) is 12.5. The number of rotatable bonds is 4. The first-order chi connectivity index (χ1) is 8.73. The number of nitrogens with one attached hydrogen (secondary N) is 1. The molecule has 3 unspecified atom stereocenters. The predicted molar refractivity (Wildman–Crippen MR) is 71.2 cm³/mol. The summed E-state index contributed by atoms with van der Waals surface area (Å²) < 4.78 is 5.28. The fourth-order valence-corrected chi connectivity index (χ4v) is 3.52. The SMILES string of the molecule is CNC1(C#N)CCC(N2CCCC(COC)C2)C1. The summed E-state index contributed by atoms with van der Waals surface area (Å²) in [6.45, 7) is 3.21. The number of hydrogen-bond acceptors (Lipinski definition) is 4. The van der Waals surface area contributed by atoms with Gasteiger partial charge >= 0.3 is 0 Å². The van der Waals surface area contributed by atoms with E-state index in [2.05, 4.69) is 16.3 Å². The second kappa shape index (κ2) is 6.01. The van der Waals surface area contributed by atoms with E-state index in [9.17, 15) is 5.26 Å². The highest BCUT2D eigenvalue weighted by Crippen LogP contribution is 2.34. The quantitative estimate of drug-likeness (QED) is 0.820. The maximum absolute atomic E-state index is 9.32. The number of piperidine rings is 1. The molecule has 102 valence electrons. The van der Waals surface area contributed by atoms with Crippen molar-refractivity contribution in [3.63, 3.8) is 0 Å². The van der Waals surface area contributed by atoms with Crippen LogP contribution in [0, 0.1) is 17.2 Å². The highest BCUT2D eigenvalue weighted by atomic mass is 16.5. The highest BCUT2D eigenvalue weighted by molar-refractivity contribution is 5.13. The fourth-order valence-electron chi connectivity index (χ4n) is 3.52. The van der Waals surface area contributed by atoms with Crippen LogP contribution in [0.2, 0.25) is 0 Å². The Hall–Kier alpha value is -0.630. The molecule has 0 radical (unpaired) electrons. The predicted octanol–water partition coefficient (Wildman–Crippen LogP) is 1.38. The molecule has 1 aliphatic carbocycles. The Bertz CT molecular complexity index is 313. The molecule has 18 heavy (non-hydrogen) atoms. The molecule has 0 aromatic carbocycles. The van der Waals surface area contributed by atoms with Crippen molar-refractivity contribution in [3.8, 4) is 6.07 Å². The summed E-state index contributed by atoms with van der Waals surface area (Å²) >= 11 is 0. The summed E-state index contributed by atoms with van der Waals surface area (Å²) in [5.74, 6) is 0.676. The third kappa shape index (κ3) is 2.85. The standard InChI is InChI=1S/C14H25N3O/c1-16-14(11-15)6-5-13(8-14)17-7-3-4-12(9-17)10-18-2/h12-13,16H,3-10H2,1-2H3. The first kappa shape index (κ1) is 13.8. The zero-order valence-electron chi connectivity index (χ0n) is 11.6. The van der Waals surface area contributed by atoms with E-state index in [1.54, 1.807) is 7.11 Å². The van der Waals surface area contributed by atoms with Crippen LogP contribution in [0.15, 0.2) is 0 Å². The van der Waals surface area contributed by atoms with Crippen LogP contribution >= 0.6 is 0 Å². The first-order valence-corrected chi connectivity index (χ1v) is 7.06. The maximum Gasteiger partial charge on any atom is 0.108 e. The minimum Gasteiger partial charge on any atom is -0.384 e. The lowest BCUT2D eigenvalue weighted by molar-refractivity contribution is 0.0682. The Morgan fingerprint density at radius 1 is 1.50 bits per heavy atom. The second-order valence-electron chi connectivity index (χ2n) is 5.80. The zero-order chi connectivity index (χ0) is 13.0. The minimum atomic E-state index is -0.279. The molecular weight excluding hydrogens is 226 g/mol. The van der Waals surface area contributed by atoms with Crippen LogP contribution < -0.4 is 5.32 Å². The molecule has 4 heteroatoms. The molecule has 3 atom stereocenters. The molecule has 2 rings (SSSR count). The van der Waals surface area contributed by atoms with Gasteiger partial charge in [-0.05, 0) is 51.6 Å². The minimum absolute atomic E-state index is 0.279. The van der Waals surface area contributed by atoms with Crippen molar-refractivity contribution >= 4 is 0 Å². The first-order valence-electron chi connectivity index (χ1n) is 7.06. The van der Waals surface area contributed by atoms with Gasteiger partial charge in [-0.15, -0.1) is 0 Å². The summed E-state index contributed by atoms with van der Waals surface area (Å²) in [7, 11) is 3.70. The Balaban J connectivity index is 1.91. The van der Waals surface area contributed by atoms with Gasteiger partial charge in [0, 0.05) is 19.7 Å². The smallest absolute Gasteiger partial charge is 0.108 e. The Labute approximate surface area is 110 Å². The van der Waals surface area contributed by atoms with Crippen LogP contribution in [0.3, 0.4) is 0 Å². The summed E-state index contributed by atoms with van der Waals surface area (Å²) in [4.78, 5) is 2.59. The number of ether oxygens (including phenoxy) is 1. The van der Waals surface area contributed by atoms with Crippen molar-refractivity contribution in [2.45, 2.75) is 43.7 Å². The topological polar surface area (TPSA) is 48.3 Å². The number of nitriles is 1. The number of nitrogens with zero attached hydrogens (tertiary/aromatic N) is 2. The van der Waals surface area contributed by atoms with Crippen molar-refractivity contribution in [3.05, 3.63) is 0 Å². The third-order valence-electron chi connectivity index (χ3n) is 4.65. The van der Waals surface area contributed by atoms with E-state index in [1.165, 1.54) is 19.4 Å². The van der Waals surface area contributed by atoms with Gasteiger partial charge < -0.3 is 10.1 Å². The van der Waals surface area contributed by atoms with Gasteiger partial charge in [0.15, 0.2) is 0 Å². The summed E-state index contributed by atoms with van der Waals surface area (Å²) in [6.07, 6.45) is 5.65. The molecule has 1 saturated carbocycles. The van der Waals surface area contributed by atoms with E-state index in [-0.39, 0.29) is 5.54 Å². The Morgan fingerprint density at radius 3 is 2.94 bits per heavy atom. The van der Waals surface area contributed by atoms with Crippen LogP contribution in [0.1, 0.15) is 32.1 Å². The molecule has 1 aliphatic heterocycles.